The molecule has 5 heteroatoms. The average molecular weight is 344 g/mol. The molecule has 1 aromatic carbocycles. The molecule has 0 spiro atoms. The van der Waals surface area contributed by atoms with Crippen molar-refractivity contribution in [3.05, 3.63) is 28.2 Å². The lowest BCUT2D eigenvalue weighted by Gasteiger charge is -2.21. The van der Waals surface area contributed by atoms with E-state index in [1.807, 2.05) is 25.1 Å². The van der Waals surface area contributed by atoms with Gasteiger partial charge in [0.2, 0.25) is 0 Å². The van der Waals surface area contributed by atoms with Crippen LogP contribution in [0.25, 0.3) is 0 Å². The summed E-state index contributed by atoms with van der Waals surface area (Å²) in [4.78, 5) is 11.1. The van der Waals surface area contributed by atoms with Gasteiger partial charge in [0.1, 0.15) is 5.75 Å². The Hall–Kier alpha value is -1.07. The van der Waals surface area contributed by atoms with Crippen LogP contribution in [-0.4, -0.2) is 23.7 Å². The topological polar surface area (TPSA) is 58.6 Å². The Morgan fingerprint density at radius 3 is 2.70 bits per heavy atom. The number of nitrogens with one attached hydrogen (secondary N) is 1. The van der Waals surface area contributed by atoms with E-state index in [9.17, 15) is 4.79 Å². The number of hydrogen-bond donors (Lipinski definition) is 2. The van der Waals surface area contributed by atoms with Gasteiger partial charge in [0, 0.05) is 16.1 Å². The Morgan fingerprint density at radius 2 is 2.15 bits per heavy atom. The summed E-state index contributed by atoms with van der Waals surface area (Å²) in [6, 6.07) is 5.75. The second-order valence-corrected chi connectivity index (χ2v) is 5.63. The van der Waals surface area contributed by atoms with Crippen molar-refractivity contribution >= 4 is 21.9 Å². The summed E-state index contributed by atoms with van der Waals surface area (Å²) in [6.45, 7) is 6.86. The van der Waals surface area contributed by atoms with Gasteiger partial charge < -0.3 is 15.2 Å². The number of hydrogen-bond acceptors (Lipinski definition) is 3. The maximum atomic E-state index is 11.1. The van der Waals surface area contributed by atoms with Gasteiger partial charge >= 0.3 is 5.97 Å². The van der Waals surface area contributed by atoms with Gasteiger partial charge in [0.25, 0.3) is 0 Å². The second-order valence-electron chi connectivity index (χ2n) is 4.71. The van der Waals surface area contributed by atoms with E-state index in [1.54, 1.807) is 6.92 Å². The van der Waals surface area contributed by atoms with E-state index in [-0.39, 0.29) is 6.04 Å². The molecule has 20 heavy (non-hydrogen) atoms. The highest BCUT2D eigenvalue weighted by Gasteiger charge is 2.20. The molecule has 0 aliphatic carbocycles. The van der Waals surface area contributed by atoms with Gasteiger partial charge in [-0.3, -0.25) is 0 Å². The first-order valence-electron chi connectivity index (χ1n) is 6.91. The van der Waals surface area contributed by atoms with E-state index in [4.69, 9.17) is 9.84 Å². The van der Waals surface area contributed by atoms with E-state index < -0.39 is 12.1 Å². The molecule has 0 saturated heterocycles. The Balaban J connectivity index is 2.97. The van der Waals surface area contributed by atoms with Crippen LogP contribution in [0.15, 0.2) is 22.7 Å². The van der Waals surface area contributed by atoms with Crippen molar-refractivity contribution in [3.63, 3.8) is 0 Å². The molecule has 0 bridgehead atoms. The SMILES string of the molecule is CCCNC(C)c1cc(Br)ccc1OC(CC)C(=O)O. The predicted octanol–water partition coefficient (Wildman–Crippen LogP) is 3.75. The minimum absolute atomic E-state index is 0.105. The summed E-state index contributed by atoms with van der Waals surface area (Å²) in [7, 11) is 0. The number of halogens is 1. The van der Waals surface area contributed by atoms with Gasteiger partial charge in [-0.05, 0) is 44.5 Å². The zero-order valence-corrected chi connectivity index (χ0v) is 13.7. The molecule has 4 nitrogen and oxygen atoms in total. The van der Waals surface area contributed by atoms with Crippen LogP contribution in [0.4, 0.5) is 0 Å². The van der Waals surface area contributed by atoms with Gasteiger partial charge in [0.05, 0.1) is 0 Å². The first-order valence-corrected chi connectivity index (χ1v) is 7.71. The minimum Gasteiger partial charge on any atom is -0.479 e. The molecule has 2 atom stereocenters. The molecule has 1 aromatic rings. The van der Waals surface area contributed by atoms with Gasteiger partial charge in [-0.25, -0.2) is 4.79 Å². The Labute approximate surface area is 128 Å². The molecule has 2 unspecified atom stereocenters. The first-order chi connectivity index (χ1) is 9.49. The molecule has 0 amide bonds. The summed E-state index contributed by atoms with van der Waals surface area (Å²) >= 11 is 3.45. The molecule has 0 radical (unpaired) electrons. The van der Waals surface area contributed by atoms with Crippen molar-refractivity contribution in [3.8, 4) is 5.75 Å². The Morgan fingerprint density at radius 1 is 1.45 bits per heavy atom. The van der Waals surface area contributed by atoms with Crippen LogP contribution < -0.4 is 10.1 Å². The van der Waals surface area contributed by atoms with E-state index in [1.165, 1.54) is 0 Å². The number of aliphatic carboxylic acids is 1. The number of carbonyl (C=O) groups is 1. The third-order valence-corrected chi connectivity index (χ3v) is 3.55. The molecular formula is C15H22BrNO3. The molecule has 1 rings (SSSR count). The van der Waals surface area contributed by atoms with Crippen molar-refractivity contribution < 1.29 is 14.6 Å². The third-order valence-electron chi connectivity index (χ3n) is 3.05. The molecule has 0 fully saturated rings. The Bertz CT molecular complexity index is 451. The van der Waals surface area contributed by atoms with Gasteiger partial charge in [-0.2, -0.15) is 0 Å². The zero-order valence-electron chi connectivity index (χ0n) is 12.1. The summed E-state index contributed by atoms with van der Waals surface area (Å²) in [5, 5.41) is 12.5. The molecule has 0 heterocycles. The minimum atomic E-state index is -0.935. The number of carboxylic acid groups (broad SMARTS) is 1. The highest BCUT2D eigenvalue weighted by atomic mass is 79.9. The maximum absolute atomic E-state index is 11.1. The number of rotatable bonds is 8. The van der Waals surface area contributed by atoms with Crippen molar-refractivity contribution in [2.45, 2.75) is 45.8 Å². The van der Waals surface area contributed by atoms with Gasteiger partial charge in [-0.1, -0.05) is 29.8 Å². The lowest BCUT2D eigenvalue weighted by atomic mass is 10.1. The second kappa shape index (κ2) is 8.27. The number of carboxylic acids is 1. The lowest BCUT2D eigenvalue weighted by molar-refractivity contribution is -0.145. The maximum Gasteiger partial charge on any atom is 0.344 e. The fourth-order valence-corrected chi connectivity index (χ4v) is 2.28. The zero-order chi connectivity index (χ0) is 15.1. The van der Waals surface area contributed by atoms with E-state index in [2.05, 4.69) is 28.2 Å². The van der Waals surface area contributed by atoms with Crippen molar-refractivity contribution in [1.82, 2.24) is 5.32 Å². The van der Waals surface area contributed by atoms with E-state index in [0.717, 1.165) is 23.0 Å². The molecule has 0 saturated carbocycles. The van der Waals surface area contributed by atoms with Crippen LogP contribution in [0.3, 0.4) is 0 Å². The quantitative estimate of drug-likeness (QED) is 0.754. The highest BCUT2D eigenvalue weighted by Crippen LogP contribution is 2.29. The van der Waals surface area contributed by atoms with E-state index in [0.29, 0.717) is 12.2 Å². The standard InChI is InChI=1S/C15H22BrNO3/c1-4-8-17-10(3)12-9-11(16)6-7-14(12)20-13(5-2)15(18)19/h6-7,9-10,13,17H,4-5,8H2,1-3H3,(H,18,19). The number of benzene rings is 1. The number of ether oxygens (including phenoxy) is 1. The van der Waals surface area contributed by atoms with Crippen molar-refractivity contribution in [2.24, 2.45) is 0 Å². The molecule has 112 valence electrons. The lowest BCUT2D eigenvalue weighted by Crippen LogP contribution is -2.27. The highest BCUT2D eigenvalue weighted by molar-refractivity contribution is 9.10. The van der Waals surface area contributed by atoms with Crippen LogP contribution in [0.5, 0.6) is 5.75 Å². The van der Waals surface area contributed by atoms with Gasteiger partial charge in [-0.15, -0.1) is 0 Å². The molecule has 2 N–H and O–H groups in total. The van der Waals surface area contributed by atoms with Crippen LogP contribution in [0, 0.1) is 0 Å². The van der Waals surface area contributed by atoms with Crippen LogP contribution in [-0.2, 0) is 4.79 Å². The third kappa shape index (κ3) is 4.80. The average Bonchev–Trinajstić information content (AvgIpc) is 2.42. The largest absolute Gasteiger partial charge is 0.479 e. The van der Waals surface area contributed by atoms with Gasteiger partial charge in [0.15, 0.2) is 6.10 Å². The van der Waals surface area contributed by atoms with Crippen LogP contribution >= 0.6 is 15.9 Å². The normalized spacial score (nSPS) is 13.8. The van der Waals surface area contributed by atoms with Crippen molar-refractivity contribution in [1.29, 1.82) is 0 Å². The predicted molar refractivity (Wildman–Crippen MR) is 83.2 cm³/mol. The smallest absolute Gasteiger partial charge is 0.344 e. The molecule has 0 aliphatic heterocycles. The fraction of sp³-hybridized carbons (Fsp3) is 0.533. The monoisotopic (exact) mass is 343 g/mol. The van der Waals surface area contributed by atoms with Crippen LogP contribution in [0.1, 0.15) is 45.2 Å². The van der Waals surface area contributed by atoms with E-state index >= 15 is 0 Å². The Kier molecular flexibility index (Phi) is 7.02. The summed E-state index contributed by atoms with van der Waals surface area (Å²) in [5.74, 6) is -0.311. The first kappa shape index (κ1) is 17.0. The molecule has 0 aromatic heterocycles. The summed E-state index contributed by atoms with van der Waals surface area (Å²) in [5.41, 5.74) is 0.965. The summed E-state index contributed by atoms with van der Waals surface area (Å²) in [6.07, 6.45) is 0.663. The molecule has 0 aliphatic rings. The molecular weight excluding hydrogens is 322 g/mol. The van der Waals surface area contributed by atoms with Crippen molar-refractivity contribution in [2.75, 3.05) is 6.54 Å². The summed E-state index contributed by atoms with van der Waals surface area (Å²) < 4.78 is 6.60. The fourth-order valence-electron chi connectivity index (χ4n) is 1.90. The van der Waals surface area contributed by atoms with Crippen LogP contribution in [0.2, 0.25) is 0 Å².